The normalized spacial score (nSPS) is 14.6. The molecular weight excluding hydrogens is 304 g/mol. The minimum atomic E-state index is 0.516. The number of hydrogen-bond donors (Lipinski definition) is 1. The molecule has 0 fully saturated rings. The average molecular weight is 345 g/mol. The van der Waals surface area contributed by atoms with Gasteiger partial charge in [-0.1, -0.05) is 80.9 Å². The molecule has 0 unspecified atom stereocenters. The summed E-state index contributed by atoms with van der Waals surface area (Å²) in [7, 11) is 0. The molecule has 0 radical (unpaired) electrons. The van der Waals surface area contributed by atoms with Crippen LogP contribution < -0.4 is 5.43 Å². The summed E-state index contributed by atoms with van der Waals surface area (Å²) in [4.78, 5) is 0. The van der Waals surface area contributed by atoms with E-state index in [0.717, 1.165) is 26.1 Å². The molecule has 0 rings (SSSR count). The van der Waals surface area contributed by atoms with Gasteiger partial charge in [-0.3, -0.25) is 5.43 Å². The molecule has 25 heavy (non-hydrogen) atoms. The van der Waals surface area contributed by atoms with E-state index in [0.29, 0.717) is 5.92 Å². The molecule has 0 spiro atoms. The van der Waals surface area contributed by atoms with Gasteiger partial charge in [-0.2, -0.15) is 0 Å². The molecule has 1 N–H and O–H groups in total. The summed E-state index contributed by atoms with van der Waals surface area (Å²) in [5.74, 6) is 0.516. The van der Waals surface area contributed by atoms with Gasteiger partial charge >= 0.3 is 0 Å². The number of allylic oxidation sites excluding steroid dienone is 5. The quantitative estimate of drug-likeness (QED) is 0.257. The lowest BCUT2D eigenvalue weighted by molar-refractivity contribution is 0.228. The molecule has 0 amide bonds. The van der Waals surface area contributed by atoms with Crippen molar-refractivity contribution >= 4 is 0 Å². The van der Waals surface area contributed by atoms with Gasteiger partial charge in [0.05, 0.1) is 0 Å². The first kappa shape index (κ1) is 23.6. The number of nitrogens with one attached hydrogen (secondary N) is 1. The smallest absolute Gasteiger partial charge is 0.0384 e. The van der Waals surface area contributed by atoms with Gasteiger partial charge in [0.2, 0.25) is 0 Å². The van der Waals surface area contributed by atoms with Crippen LogP contribution >= 0.6 is 0 Å². The summed E-state index contributed by atoms with van der Waals surface area (Å²) in [6.07, 6.45) is 13.0. The van der Waals surface area contributed by atoms with Gasteiger partial charge < -0.3 is 0 Å². The van der Waals surface area contributed by atoms with Gasteiger partial charge in [0, 0.05) is 19.6 Å². The number of hydrogen-bond acceptors (Lipinski definition) is 2. The minimum absolute atomic E-state index is 0.516. The SMILES string of the molecule is C=C/C=C(/CNN(C/C(=C/C)CCC)CC(=C/C)/C(C)=C\C)C(C)C. The molecule has 0 bridgehead atoms. The molecule has 0 heterocycles. The molecule has 0 saturated carbocycles. The molecule has 0 atom stereocenters. The van der Waals surface area contributed by atoms with E-state index < -0.39 is 0 Å². The van der Waals surface area contributed by atoms with Crippen molar-refractivity contribution in [3.05, 3.63) is 59.3 Å². The maximum Gasteiger partial charge on any atom is 0.0384 e. The fourth-order valence-electron chi connectivity index (χ4n) is 2.69. The van der Waals surface area contributed by atoms with E-state index in [-0.39, 0.29) is 0 Å². The lowest BCUT2D eigenvalue weighted by Crippen LogP contribution is -2.42. The van der Waals surface area contributed by atoms with Crippen LogP contribution in [0.2, 0.25) is 0 Å². The minimum Gasteiger partial charge on any atom is -0.250 e. The van der Waals surface area contributed by atoms with E-state index in [1.54, 1.807) is 0 Å². The molecule has 0 aliphatic rings. The van der Waals surface area contributed by atoms with Crippen LogP contribution in [0.15, 0.2) is 59.3 Å². The fourth-order valence-corrected chi connectivity index (χ4v) is 2.69. The maximum absolute atomic E-state index is 3.85. The third-order valence-corrected chi connectivity index (χ3v) is 4.60. The monoisotopic (exact) mass is 344 g/mol. The standard InChI is InChI=1S/C23H40N2/c1-9-14-21(12-4)17-25(18-22(13-5)20(8)11-3)24-16-23(15-10-2)19(6)7/h10-13,15,19,24H,2,9,14,16-18H2,1,3-8H3/b20-11-,21-12+,22-13-,23-15-. The molecule has 0 aromatic rings. The van der Waals surface area contributed by atoms with E-state index in [4.69, 9.17) is 0 Å². The number of rotatable bonds is 12. The Balaban J connectivity index is 5.24. The van der Waals surface area contributed by atoms with Gasteiger partial charge in [-0.15, -0.1) is 0 Å². The lowest BCUT2D eigenvalue weighted by Gasteiger charge is -2.27. The zero-order valence-electron chi connectivity index (χ0n) is 17.7. The van der Waals surface area contributed by atoms with Gasteiger partial charge in [0.15, 0.2) is 0 Å². The summed E-state index contributed by atoms with van der Waals surface area (Å²) < 4.78 is 0. The van der Waals surface area contributed by atoms with Crippen molar-refractivity contribution < 1.29 is 0 Å². The first-order chi connectivity index (χ1) is 11.9. The predicted molar refractivity (Wildman–Crippen MR) is 115 cm³/mol. The second-order valence-corrected chi connectivity index (χ2v) is 6.81. The van der Waals surface area contributed by atoms with Crippen LogP contribution in [0.25, 0.3) is 0 Å². The van der Waals surface area contributed by atoms with Crippen molar-refractivity contribution in [2.75, 3.05) is 19.6 Å². The van der Waals surface area contributed by atoms with Gasteiger partial charge in [0.1, 0.15) is 0 Å². The Morgan fingerprint density at radius 3 is 2.20 bits per heavy atom. The molecule has 2 nitrogen and oxygen atoms in total. The topological polar surface area (TPSA) is 15.3 Å². The van der Waals surface area contributed by atoms with Crippen molar-refractivity contribution in [1.29, 1.82) is 0 Å². The summed E-state index contributed by atoms with van der Waals surface area (Å²) >= 11 is 0. The summed E-state index contributed by atoms with van der Waals surface area (Å²) in [5, 5.41) is 2.35. The Morgan fingerprint density at radius 2 is 1.76 bits per heavy atom. The highest BCUT2D eigenvalue weighted by atomic mass is 15.5. The lowest BCUT2D eigenvalue weighted by atomic mass is 10.0. The zero-order chi connectivity index (χ0) is 19.2. The first-order valence-corrected chi connectivity index (χ1v) is 9.65. The van der Waals surface area contributed by atoms with Crippen LogP contribution in [-0.4, -0.2) is 24.6 Å². The largest absolute Gasteiger partial charge is 0.250 e. The number of hydrazine groups is 1. The molecule has 0 aliphatic heterocycles. The third kappa shape index (κ3) is 9.62. The van der Waals surface area contributed by atoms with Crippen molar-refractivity contribution in [3.8, 4) is 0 Å². The third-order valence-electron chi connectivity index (χ3n) is 4.60. The Kier molecular flexibility index (Phi) is 13.1. The van der Waals surface area contributed by atoms with E-state index in [1.807, 2.05) is 6.08 Å². The Bertz CT molecular complexity index is 504. The second-order valence-electron chi connectivity index (χ2n) is 6.81. The molecule has 0 aromatic carbocycles. The Hall–Kier alpha value is -1.38. The van der Waals surface area contributed by atoms with Crippen LogP contribution in [0.4, 0.5) is 0 Å². The molecule has 0 aliphatic carbocycles. The fraction of sp³-hybridized carbons (Fsp3) is 0.565. The first-order valence-electron chi connectivity index (χ1n) is 9.65. The van der Waals surface area contributed by atoms with E-state index in [9.17, 15) is 0 Å². The summed E-state index contributed by atoms with van der Waals surface area (Å²) in [6.45, 7) is 21.8. The zero-order valence-corrected chi connectivity index (χ0v) is 17.7. The van der Waals surface area contributed by atoms with Crippen molar-refractivity contribution in [2.24, 2.45) is 5.92 Å². The summed E-state index contributed by atoms with van der Waals surface area (Å²) in [6, 6.07) is 0. The van der Waals surface area contributed by atoms with E-state index >= 15 is 0 Å². The van der Waals surface area contributed by atoms with E-state index in [1.165, 1.54) is 28.7 Å². The molecular formula is C23H40N2. The van der Waals surface area contributed by atoms with Gasteiger partial charge in [0.25, 0.3) is 0 Å². The van der Waals surface area contributed by atoms with Crippen LogP contribution in [0, 0.1) is 5.92 Å². The highest BCUT2D eigenvalue weighted by Crippen LogP contribution is 2.14. The highest BCUT2D eigenvalue weighted by molar-refractivity contribution is 5.29. The summed E-state index contributed by atoms with van der Waals surface area (Å²) in [5.41, 5.74) is 9.25. The second kappa shape index (κ2) is 13.9. The van der Waals surface area contributed by atoms with E-state index in [2.05, 4.69) is 89.8 Å². The van der Waals surface area contributed by atoms with Crippen molar-refractivity contribution in [3.63, 3.8) is 0 Å². The van der Waals surface area contributed by atoms with Crippen molar-refractivity contribution in [2.45, 2.75) is 61.3 Å². The van der Waals surface area contributed by atoms with Gasteiger partial charge in [-0.05, 0) is 45.6 Å². The van der Waals surface area contributed by atoms with Crippen LogP contribution in [0.1, 0.15) is 61.3 Å². The molecule has 142 valence electrons. The van der Waals surface area contributed by atoms with Crippen LogP contribution in [0.5, 0.6) is 0 Å². The predicted octanol–water partition coefficient (Wildman–Crippen LogP) is 6.22. The molecule has 0 saturated heterocycles. The average Bonchev–Trinajstić information content (AvgIpc) is 2.60. The van der Waals surface area contributed by atoms with Crippen LogP contribution in [-0.2, 0) is 0 Å². The Labute approximate surface area is 157 Å². The maximum atomic E-state index is 3.85. The molecule has 2 heteroatoms. The molecule has 0 aromatic heterocycles. The number of nitrogens with zero attached hydrogens (tertiary/aromatic N) is 1. The Morgan fingerprint density at radius 1 is 1.08 bits per heavy atom. The van der Waals surface area contributed by atoms with Gasteiger partial charge in [-0.25, -0.2) is 5.01 Å². The highest BCUT2D eigenvalue weighted by Gasteiger charge is 2.12. The van der Waals surface area contributed by atoms with Crippen molar-refractivity contribution in [1.82, 2.24) is 10.4 Å². The van der Waals surface area contributed by atoms with Crippen LogP contribution in [0.3, 0.4) is 0 Å².